The van der Waals surface area contributed by atoms with E-state index in [9.17, 15) is 0 Å². The summed E-state index contributed by atoms with van der Waals surface area (Å²) in [6.45, 7) is 11.4. The third-order valence-corrected chi connectivity index (χ3v) is 8.65. The molecule has 0 radical (unpaired) electrons. The van der Waals surface area contributed by atoms with Crippen molar-refractivity contribution in [2.75, 3.05) is 0 Å². The van der Waals surface area contributed by atoms with Gasteiger partial charge in [0.05, 0.1) is 6.04 Å². The third-order valence-electron chi connectivity index (χ3n) is 8.65. The van der Waals surface area contributed by atoms with Crippen LogP contribution in [0, 0.1) is 25.7 Å². The molecule has 5 unspecified atom stereocenters. The Bertz CT molecular complexity index is 1170. The zero-order chi connectivity index (χ0) is 24.5. The molecule has 0 N–H and O–H groups in total. The summed E-state index contributed by atoms with van der Waals surface area (Å²) in [4.78, 5) is 5.68. The Morgan fingerprint density at radius 2 is 1.40 bits per heavy atom. The largest absolute Gasteiger partial charge is 0.289 e. The van der Waals surface area contributed by atoms with Crippen LogP contribution in [0.1, 0.15) is 91.2 Å². The zero-order valence-corrected chi connectivity index (χ0v) is 22.2. The summed E-state index contributed by atoms with van der Waals surface area (Å²) >= 11 is 0. The maximum absolute atomic E-state index is 5.68. The third kappa shape index (κ3) is 4.88. The van der Waals surface area contributed by atoms with Crippen molar-refractivity contribution in [3.05, 3.63) is 106 Å². The maximum Gasteiger partial charge on any atom is 0.0639 e. The number of benzene rings is 3. The summed E-state index contributed by atoms with van der Waals surface area (Å²) in [5, 5.41) is 0. The standard InChI is InChI=1S/C34H41N/c1-22(2)29-10-6-7-11-30(29)25(5)33-32(27-19-15-24(4)16-20-27)31-12-8-9-28(34(31)35-33)21-26-17-13-23(3)14-18-26/h6-7,10-11,13-20,22,25,28,31-33H,8-9,12,21H2,1-5H3. The van der Waals surface area contributed by atoms with E-state index < -0.39 is 0 Å². The number of hydrogen-bond acceptors (Lipinski definition) is 1. The molecular weight excluding hydrogens is 422 g/mol. The van der Waals surface area contributed by atoms with Crippen LogP contribution in [0.4, 0.5) is 0 Å². The second-order valence-electron chi connectivity index (χ2n) is 11.5. The van der Waals surface area contributed by atoms with E-state index in [0.29, 0.717) is 35.6 Å². The van der Waals surface area contributed by atoms with Gasteiger partial charge in [-0.15, -0.1) is 0 Å². The average molecular weight is 464 g/mol. The highest BCUT2D eigenvalue weighted by Crippen LogP contribution is 2.49. The number of nitrogens with zero attached hydrogens (tertiary/aromatic N) is 1. The smallest absolute Gasteiger partial charge is 0.0639 e. The van der Waals surface area contributed by atoms with Crippen LogP contribution in [0.3, 0.4) is 0 Å². The van der Waals surface area contributed by atoms with Gasteiger partial charge in [0.25, 0.3) is 0 Å². The van der Waals surface area contributed by atoms with E-state index in [0.717, 1.165) is 6.42 Å². The van der Waals surface area contributed by atoms with Crippen LogP contribution in [0.5, 0.6) is 0 Å². The number of aliphatic imine (C=N–C) groups is 1. The zero-order valence-electron chi connectivity index (χ0n) is 22.2. The van der Waals surface area contributed by atoms with Gasteiger partial charge in [-0.1, -0.05) is 111 Å². The summed E-state index contributed by atoms with van der Waals surface area (Å²) in [5.41, 5.74) is 10.1. The Morgan fingerprint density at radius 1 is 0.771 bits per heavy atom. The fourth-order valence-electron chi connectivity index (χ4n) is 6.73. The molecule has 1 heteroatoms. The quantitative estimate of drug-likeness (QED) is 0.346. The van der Waals surface area contributed by atoms with Gasteiger partial charge in [-0.3, -0.25) is 4.99 Å². The van der Waals surface area contributed by atoms with Crippen molar-refractivity contribution in [3.8, 4) is 0 Å². The van der Waals surface area contributed by atoms with Gasteiger partial charge in [0.2, 0.25) is 0 Å². The number of hydrogen-bond donors (Lipinski definition) is 0. The highest BCUT2D eigenvalue weighted by atomic mass is 14.9. The van der Waals surface area contributed by atoms with Crippen LogP contribution < -0.4 is 0 Å². The first-order valence-corrected chi connectivity index (χ1v) is 13.7. The molecule has 2 aliphatic rings. The van der Waals surface area contributed by atoms with Crippen LogP contribution in [-0.4, -0.2) is 11.8 Å². The minimum absolute atomic E-state index is 0.302. The van der Waals surface area contributed by atoms with Gasteiger partial charge in [0, 0.05) is 29.4 Å². The highest BCUT2D eigenvalue weighted by Gasteiger charge is 2.46. The molecule has 0 saturated heterocycles. The molecule has 35 heavy (non-hydrogen) atoms. The van der Waals surface area contributed by atoms with Crippen molar-refractivity contribution in [2.24, 2.45) is 16.8 Å². The first-order chi connectivity index (χ1) is 16.9. The van der Waals surface area contributed by atoms with Gasteiger partial charge in [-0.2, -0.15) is 0 Å². The minimum atomic E-state index is 0.302. The van der Waals surface area contributed by atoms with Crippen molar-refractivity contribution in [1.82, 2.24) is 0 Å². The molecule has 182 valence electrons. The Morgan fingerprint density at radius 3 is 2.06 bits per heavy atom. The van der Waals surface area contributed by atoms with E-state index in [-0.39, 0.29) is 0 Å². The van der Waals surface area contributed by atoms with Gasteiger partial charge in [0.1, 0.15) is 0 Å². The Hall–Kier alpha value is -2.67. The summed E-state index contributed by atoms with van der Waals surface area (Å²) in [6.07, 6.45) is 4.98. The van der Waals surface area contributed by atoms with E-state index in [1.165, 1.54) is 58.4 Å². The molecule has 1 aliphatic heterocycles. The number of rotatable bonds is 6. The molecule has 0 spiro atoms. The molecule has 0 amide bonds. The molecule has 1 heterocycles. The van der Waals surface area contributed by atoms with E-state index >= 15 is 0 Å². The lowest BCUT2D eigenvalue weighted by molar-refractivity contribution is 0.381. The van der Waals surface area contributed by atoms with Crippen molar-refractivity contribution < 1.29 is 0 Å². The summed E-state index contributed by atoms with van der Waals surface area (Å²) in [7, 11) is 0. The van der Waals surface area contributed by atoms with Crippen LogP contribution >= 0.6 is 0 Å². The highest BCUT2D eigenvalue weighted by molar-refractivity contribution is 5.93. The Labute approximate surface area is 212 Å². The molecule has 1 nitrogen and oxygen atoms in total. The molecular formula is C34H41N. The Kier molecular flexibility index (Phi) is 6.96. The fraction of sp³-hybridized carbons (Fsp3) is 0.441. The lowest BCUT2D eigenvalue weighted by atomic mass is 9.68. The van der Waals surface area contributed by atoms with Crippen molar-refractivity contribution in [2.45, 2.75) is 84.1 Å². The van der Waals surface area contributed by atoms with Gasteiger partial charge in [-0.25, -0.2) is 0 Å². The fourth-order valence-corrected chi connectivity index (χ4v) is 6.73. The second kappa shape index (κ2) is 10.1. The molecule has 5 atom stereocenters. The van der Waals surface area contributed by atoms with Crippen LogP contribution in [-0.2, 0) is 6.42 Å². The number of aryl methyl sites for hydroxylation is 2. The minimum Gasteiger partial charge on any atom is -0.289 e. The predicted octanol–water partition coefficient (Wildman–Crippen LogP) is 8.80. The second-order valence-corrected chi connectivity index (χ2v) is 11.5. The molecule has 3 aromatic rings. The first-order valence-electron chi connectivity index (χ1n) is 13.7. The normalized spacial score (nSPS) is 24.8. The van der Waals surface area contributed by atoms with Gasteiger partial charge >= 0.3 is 0 Å². The Balaban J connectivity index is 1.54. The van der Waals surface area contributed by atoms with Gasteiger partial charge in [0.15, 0.2) is 0 Å². The summed E-state index contributed by atoms with van der Waals surface area (Å²) < 4.78 is 0. The molecule has 0 aromatic heterocycles. The SMILES string of the molecule is Cc1ccc(CC2CCCC3C2=NC(C(C)c2ccccc2C(C)C)C3c2ccc(C)cc2)cc1. The molecule has 1 fully saturated rings. The van der Waals surface area contributed by atoms with Crippen LogP contribution in [0.2, 0.25) is 0 Å². The first kappa shape index (κ1) is 24.0. The van der Waals surface area contributed by atoms with Gasteiger partial charge < -0.3 is 0 Å². The number of fused-ring (bicyclic) bond motifs is 1. The average Bonchev–Trinajstić information content (AvgIpc) is 3.26. The van der Waals surface area contributed by atoms with Crippen molar-refractivity contribution >= 4 is 5.71 Å². The molecule has 3 aromatic carbocycles. The topological polar surface area (TPSA) is 12.4 Å². The maximum atomic E-state index is 5.68. The predicted molar refractivity (Wildman–Crippen MR) is 150 cm³/mol. The van der Waals surface area contributed by atoms with E-state index in [4.69, 9.17) is 4.99 Å². The lowest BCUT2D eigenvalue weighted by Crippen LogP contribution is -2.32. The van der Waals surface area contributed by atoms with Crippen LogP contribution in [0.15, 0.2) is 77.8 Å². The van der Waals surface area contributed by atoms with E-state index in [1.807, 2.05) is 0 Å². The molecule has 1 saturated carbocycles. The molecule has 5 rings (SSSR count). The molecule has 1 aliphatic carbocycles. The monoisotopic (exact) mass is 463 g/mol. The summed E-state index contributed by atoms with van der Waals surface area (Å²) in [6, 6.07) is 27.9. The molecule has 0 bridgehead atoms. The summed E-state index contributed by atoms with van der Waals surface area (Å²) in [5.74, 6) is 2.54. The van der Waals surface area contributed by atoms with Crippen molar-refractivity contribution in [3.63, 3.8) is 0 Å². The van der Waals surface area contributed by atoms with E-state index in [2.05, 4.69) is 107 Å². The van der Waals surface area contributed by atoms with Crippen molar-refractivity contribution in [1.29, 1.82) is 0 Å². The van der Waals surface area contributed by atoms with E-state index in [1.54, 1.807) is 0 Å². The lowest BCUT2D eigenvalue weighted by Gasteiger charge is -2.34. The van der Waals surface area contributed by atoms with Crippen LogP contribution in [0.25, 0.3) is 0 Å². The van der Waals surface area contributed by atoms with Gasteiger partial charge in [-0.05, 0) is 61.3 Å².